The van der Waals surface area contributed by atoms with Crippen LogP contribution < -0.4 is 22.4 Å². The Balaban J connectivity index is 0.000000231. The highest BCUT2D eigenvalue weighted by molar-refractivity contribution is 6.63. The van der Waals surface area contributed by atoms with Gasteiger partial charge in [-0.2, -0.15) is 0 Å². The smallest absolute Gasteiger partial charge is 0.402 e. The molecular weight excluding hydrogens is 442 g/mol. The van der Waals surface area contributed by atoms with Gasteiger partial charge in [-0.15, -0.1) is 0 Å². The Bertz CT molecular complexity index is 1000. The predicted octanol–water partition coefficient (Wildman–Crippen LogP) is 3.18. The van der Waals surface area contributed by atoms with E-state index in [1.54, 1.807) is 12.3 Å². The fraction of sp³-hybridized carbons (Fsp3) is 0.600. The van der Waals surface area contributed by atoms with Gasteiger partial charge in [0.1, 0.15) is 11.6 Å². The van der Waals surface area contributed by atoms with E-state index in [1.807, 2.05) is 88.3 Å². The van der Waals surface area contributed by atoms with Crippen LogP contribution in [0.3, 0.4) is 0 Å². The molecule has 10 heteroatoms. The maximum absolute atomic E-state index is 5.97. The lowest BCUT2D eigenvalue weighted by atomic mass is 9.77. The van der Waals surface area contributed by atoms with Gasteiger partial charge in [0.15, 0.2) is 0 Å². The van der Waals surface area contributed by atoms with E-state index in [4.69, 9.17) is 30.1 Å². The molecule has 192 valence electrons. The Kier molecular flexibility index (Phi) is 9.03. The Morgan fingerprint density at radius 2 is 1.40 bits per heavy atom. The van der Waals surface area contributed by atoms with Crippen LogP contribution >= 0.6 is 0 Å². The van der Waals surface area contributed by atoms with Crippen molar-refractivity contribution in [1.82, 2.24) is 9.97 Å². The molecule has 2 aliphatic heterocycles. The zero-order valence-electron chi connectivity index (χ0n) is 23.2. The minimum atomic E-state index is -0.368. The molecule has 2 aromatic rings. The molecule has 4 N–H and O–H groups in total. The number of hydrogen-bond donors (Lipinski definition) is 2. The maximum atomic E-state index is 5.97. The molecular formula is C25H42B2N4O4. The molecule has 2 aliphatic rings. The van der Waals surface area contributed by atoms with Gasteiger partial charge >= 0.3 is 14.2 Å². The number of aromatic nitrogens is 2. The molecule has 1 atom stereocenters. The second-order valence-corrected chi connectivity index (χ2v) is 10.3. The van der Waals surface area contributed by atoms with E-state index in [0.29, 0.717) is 11.6 Å². The number of aryl methyl sites for hydroxylation is 2. The van der Waals surface area contributed by atoms with Crippen molar-refractivity contribution in [3.05, 3.63) is 35.7 Å². The lowest BCUT2D eigenvalue weighted by Gasteiger charge is -2.32. The maximum Gasteiger partial charge on any atom is 0.496 e. The molecule has 2 fully saturated rings. The molecule has 2 aromatic heterocycles. The van der Waals surface area contributed by atoms with Crippen molar-refractivity contribution in [1.29, 1.82) is 0 Å². The topological polar surface area (TPSA) is 115 Å². The van der Waals surface area contributed by atoms with Crippen molar-refractivity contribution >= 4 is 36.8 Å². The lowest BCUT2D eigenvalue weighted by molar-refractivity contribution is 0.00578. The molecule has 4 heterocycles. The zero-order chi connectivity index (χ0) is 26.8. The van der Waals surface area contributed by atoms with Crippen molar-refractivity contribution in [2.24, 2.45) is 0 Å². The summed E-state index contributed by atoms with van der Waals surface area (Å²) in [6.45, 7) is 22.1. The summed E-state index contributed by atoms with van der Waals surface area (Å²) in [4.78, 5) is 8.31. The highest BCUT2D eigenvalue weighted by atomic mass is 16.7. The van der Waals surface area contributed by atoms with E-state index in [-0.39, 0.29) is 37.1 Å². The van der Waals surface area contributed by atoms with Crippen LogP contribution in [0.15, 0.2) is 24.4 Å². The number of hydrogen-bond acceptors (Lipinski definition) is 8. The van der Waals surface area contributed by atoms with Gasteiger partial charge in [-0.3, -0.25) is 0 Å². The lowest BCUT2D eigenvalue weighted by Crippen LogP contribution is -2.41. The molecule has 0 aliphatic carbocycles. The number of nitrogens with zero attached hydrogens (tertiary/aromatic N) is 2. The summed E-state index contributed by atoms with van der Waals surface area (Å²) in [5.41, 5.74) is 14.1. The zero-order valence-corrected chi connectivity index (χ0v) is 23.2. The van der Waals surface area contributed by atoms with Crippen molar-refractivity contribution in [3.8, 4) is 0 Å². The number of anilines is 2. The minimum Gasteiger partial charge on any atom is -0.402 e. The molecule has 2 saturated heterocycles. The Hall–Kier alpha value is -2.13. The number of pyridine rings is 2. The third-order valence-electron chi connectivity index (χ3n) is 6.80. The average Bonchev–Trinajstić information content (AvgIpc) is 3.13. The highest BCUT2D eigenvalue weighted by Crippen LogP contribution is 2.36. The first kappa shape index (κ1) is 29.1. The van der Waals surface area contributed by atoms with Gasteiger partial charge in [-0.1, -0.05) is 19.9 Å². The fourth-order valence-electron chi connectivity index (χ4n) is 3.53. The first-order valence-corrected chi connectivity index (χ1v) is 12.3. The summed E-state index contributed by atoms with van der Waals surface area (Å²) in [6, 6.07) is 5.52. The number of rotatable bonds is 2. The molecule has 35 heavy (non-hydrogen) atoms. The van der Waals surface area contributed by atoms with Crippen LogP contribution in [0.4, 0.5) is 11.6 Å². The fourth-order valence-corrected chi connectivity index (χ4v) is 3.53. The molecule has 0 radical (unpaired) electrons. The van der Waals surface area contributed by atoms with Crippen molar-refractivity contribution < 1.29 is 18.6 Å². The van der Waals surface area contributed by atoms with Crippen LogP contribution in [0.2, 0.25) is 0 Å². The summed E-state index contributed by atoms with van der Waals surface area (Å²) in [7, 11) is -0.703. The van der Waals surface area contributed by atoms with Gasteiger partial charge in [0.05, 0.1) is 22.9 Å². The Morgan fingerprint density at radius 3 is 1.86 bits per heavy atom. The number of nitrogen functional groups attached to an aromatic ring is 2. The largest absolute Gasteiger partial charge is 0.496 e. The van der Waals surface area contributed by atoms with Crippen molar-refractivity contribution in [2.45, 2.75) is 99.1 Å². The highest BCUT2D eigenvalue weighted by Gasteiger charge is 2.52. The van der Waals surface area contributed by atoms with Crippen molar-refractivity contribution in [3.63, 3.8) is 0 Å². The van der Waals surface area contributed by atoms with Gasteiger partial charge in [0.25, 0.3) is 0 Å². The van der Waals surface area contributed by atoms with E-state index in [9.17, 15) is 0 Å². The van der Waals surface area contributed by atoms with E-state index in [1.165, 1.54) is 0 Å². The number of nitrogens with two attached hydrogens (primary N) is 2. The van der Waals surface area contributed by atoms with E-state index < -0.39 is 0 Å². The molecule has 8 nitrogen and oxygen atoms in total. The Morgan fingerprint density at radius 1 is 0.829 bits per heavy atom. The summed E-state index contributed by atoms with van der Waals surface area (Å²) in [5.74, 6) is 1.04. The Labute approximate surface area is 211 Å². The van der Waals surface area contributed by atoms with Crippen LogP contribution in [-0.4, -0.2) is 47.1 Å². The first-order chi connectivity index (χ1) is 16.1. The summed E-state index contributed by atoms with van der Waals surface area (Å²) >= 11 is 0. The molecule has 4 rings (SSSR count). The van der Waals surface area contributed by atoms with Gasteiger partial charge < -0.3 is 30.1 Å². The molecule has 0 amide bonds. The quantitative estimate of drug-likeness (QED) is 0.625. The van der Waals surface area contributed by atoms with Crippen LogP contribution in [-0.2, 0) is 18.6 Å². The third-order valence-corrected chi connectivity index (χ3v) is 6.80. The van der Waals surface area contributed by atoms with E-state index in [2.05, 4.69) is 9.97 Å². The molecule has 0 saturated carbocycles. The van der Waals surface area contributed by atoms with Crippen molar-refractivity contribution in [2.75, 3.05) is 11.5 Å². The van der Waals surface area contributed by atoms with Gasteiger partial charge in [0, 0.05) is 22.8 Å². The van der Waals surface area contributed by atoms with Crippen LogP contribution in [0, 0.1) is 13.8 Å². The standard InChI is InChI=1S/C12H19BN2O2.C11H17BN2O2.C2H6/c1-8-9(6-7-10(14)15-8)13-16-11(2,3)12(4,5)17-13;1-7-5-10(13)14-6-9(7)12-15-8(2)11(3,4)16-12;1-2/h6-7H,1-5H3,(H2,14,15);5-6,8H,1-4H3,(H2,13,14);1-2H3. The SMILES string of the molecule is CC.Cc1cc(N)ncc1B1OC(C)C(C)(C)O1.Cc1nc(N)ccc1B1OC(C)(C)C(C)(C)O1. The monoisotopic (exact) mass is 484 g/mol. The summed E-state index contributed by atoms with van der Waals surface area (Å²) < 4.78 is 23.6. The summed E-state index contributed by atoms with van der Waals surface area (Å²) in [5, 5.41) is 0. The van der Waals surface area contributed by atoms with Gasteiger partial charge in [-0.05, 0) is 80.0 Å². The van der Waals surface area contributed by atoms with E-state index >= 15 is 0 Å². The van der Waals surface area contributed by atoms with Gasteiger partial charge in [-0.25, -0.2) is 9.97 Å². The van der Waals surface area contributed by atoms with Gasteiger partial charge in [0.2, 0.25) is 0 Å². The summed E-state index contributed by atoms with van der Waals surface area (Å²) in [6.07, 6.45) is 1.79. The molecule has 0 aromatic carbocycles. The molecule has 1 unspecified atom stereocenters. The van der Waals surface area contributed by atoms with Crippen LogP contribution in [0.25, 0.3) is 0 Å². The third kappa shape index (κ3) is 6.55. The molecule has 0 bridgehead atoms. The second kappa shape index (κ2) is 10.9. The van der Waals surface area contributed by atoms with Crippen LogP contribution in [0.1, 0.15) is 73.6 Å². The normalized spacial score (nSPS) is 21.6. The minimum absolute atomic E-state index is 0.0643. The first-order valence-electron chi connectivity index (χ1n) is 12.3. The van der Waals surface area contributed by atoms with Crippen LogP contribution in [0.5, 0.6) is 0 Å². The molecule has 0 spiro atoms. The predicted molar refractivity (Wildman–Crippen MR) is 145 cm³/mol. The second-order valence-electron chi connectivity index (χ2n) is 10.3. The average molecular weight is 484 g/mol. The van der Waals surface area contributed by atoms with E-state index in [0.717, 1.165) is 22.2 Å².